The number of benzene rings is 2. The lowest BCUT2D eigenvalue weighted by molar-refractivity contribution is -0.113. The molecule has 0 atom stereocenters. The third kappa shape index (κ3) is 5.80. The Kier molecular flexibility index (Phi) is 7.28. The van der Waals surface area contributed by atoms with Crippen LogP contribution < -0.4 is 15.0 Å². The zero-order valence-electron chi connectivity index (χ0n) is 18.3. The third-order valence-corrected chi connectivity index (χ3v) is 5.98. The van der Waals surface area contributed by atoms with Gasteiger partial charge in [-0.1, -0.05) is 11.8 Å². The van der Waals surface area contributed by atoms with E-state index in [0.29, 0.717) is 17.7 Å². The van der Waals surface area contributed by atoms with E-state index in [1.807, 2.05) is 43.3 Å². The third-order valence-electron chi connectivity index (χ3n) is 5.16. The maximum atomic E-state index is 12.3. The summed E-state index contributed by atoms with van der Waals surface area (Å²) >= 11 is 1.21. The van der Waals surface area contributed by atoms with Crippen LogP contribution in [0.2, 0.25) is 0 Å². The maximum absolute atomic E-state index is 12.3. The van der Waals surface area contributed by atoms with Gasteiger partial charge in [-0.3, -0.25) is 4.79 Å². The normalized spacial score (nSPS) is 14.4. The fraction of sp³-hybridized carbons (Fsp3) is 0.348. The average molecular weight is 454 g/mol. The van der Waals surface area contributed by atoms with Crippen LogP contribution in [0.3, 0.4) is 0 Å². The molecule has 1 aromatic heterocycles. The summed E-state index contributed by atoms with van der Waals surface area (Å²) in [6.45, 7) is 6.71. The van der Waals surface area contributed by atoms with Crippen LogP contribution in [-0.4, -0.2) is 66.6 Å². The smallest absolute Gasteiger partial charge is 0.277 e. The van der Waals surface area contributed by atoms with Gasteiger partial charge in [0.1, 0.15) is 5.75 Å². The van der Waals surface area contributed by atoms with Crippen molar-refractivity contribution in [3.8, 4) is 17.2 Å². The van der Waals surface area contributed by atoms with Gasteiger partial charge in [-0.05, 0) is 62.5 Å². The van der Waals surface area contributed by atoms with Crippen LogP contribution in [0.4, 0.5) is 11.4 Å². The Hall–Kier alpha value is -3.04. The van der Waals surface area contributed by atoms with E-state index >= 15 is 0 Å². The molecular formula is C23H27N5O3S. The summed E-state index contributed by atoms with van der Waals surface area (Å²) in [4.78, 5) is 17.0. The summed E-state index contributed by atoms with van der Waals surface area (Å²) < 4.78 is 11.1. The number of anilines is 2. The number of nitrogens with one attached hydrogen (secondary N) is 1. The van der Waals surface area contributed by atoms with Crippen LogP contribution in [0.15, 0.2) is 58.2 Å². The quantitative estimate of drug-likeness (QED) is 0.518. The Morgan fingerprint density at radius 1 is 1.06 bits per heavy atom. The number of ether oxygens (including phenoxy) is 1. The first-order chi connectivity index (χ1) is 15.6. The molecule has 9 heteroatoms. The minimum absolute atomic E-state index is 0.122. The number of hydrogen-bond acceptors (Lipinski definition) is 8. The molecule has 0 spiro atoms. The fourth-order valence-corrected chi connectivity index (χ4v) is 3.95. The van der Waals surface area contributed by atoms with Crippen LogP contribution in [-0.2, 0) is 4.79 Å². The lowest BCUT2D eigenvalue weighted by Gasteiger charge is -2.34. The number of amides is 1. The molecule has 1 aliphatic heterocycles. The van der Waals surface area contributed by atoms with E-state index in [1.165, 1.54) is 17.4 Å². The number of thioether (sulfide) groups is 1. The second kappa shape index (κ2) is 10.5. The SMILES string of the molecule is CCOc1ccc(-c2nnc(SCC(=O)Nc3ccc(N4CCN(C)CC4)cc3)o2)cc1. The molecule has 1 saturated heterocycles. The fourth-order valence-electron chi connectivity index (χ4n) is 3.39. The van der Waals surface area contributed by atoms with E-state index in [1.54, 1.807) is 0 Å². The van der Waals surface area contributed by atoms with Gasteiger partial charge in [0.05, 0.1) is 12.4 Å². The van der Waals surface area contributed by atoms with Gasteiger partial charge in [0.25, 0.3) is 5.22 Å². The zero-order chi connectivity index (χ0) is 22.3. The summed E-state index contributed by atoms with van der Waals surface area (Å²) in [6, 6.07) is 15.4. The summed E-state index contributed by atoms with van der Waals surface area (Å²) in [5.41, 5.74) is 2.75. The minimum Gasteiger partial charge on any atom is -0.494 e. The molecular weight excluding hydrogens is 426 g/mol. The Bertz CT molecular complexity index is 1010. The topological polar surface area (TPSA) is 83.7 Å². The van der Waals surface area contributed by atoms with Crippen molar-refractivity contribution in [2.24, 2.45) is 0 Å². The van der Waals surface area contributed by atoms with E-state index < -0.39 is 0 Å². The molecule has 1 fully saturated rings. The van der Waals surface area contributed by atoms with Gasteiger partial charge < -0.3 is 24.3 Å². The number of carbonyl (C=O) groups is 1. The van der Waals surface area contributed by atoms with Gasteiger partial charge in [0.2, 0.25) is 11.8 Å². The van der Waals surface area contributed by atoms with Crippen molar-refractivity contribution in [1.82, 2.24) is 15.1 Å². The number of carbonyl (C=O) groups excluding carboxylic acids is 1. The monoisotopic (exact) mass is 453 g/mol. The number of piperazine rings is 1. The highest BCUT2D eigenvalue weighted by molar-refractivity contribution is 7.99. The molecule has 0 saturated carbocycles. The lowest BCUT2D eigenvalue weighted by Crippen LogP contribution is -2.44. The molecule has 2 heterocycles. The molecule has 8 nitrogen and oxygen atoms in total. The maximum Gasteiger partial charge on any atom is 0.277 e. The van der Waals surface area contributed by atoms with Crippen molar-refractivity contribution >= 4 is 29.0 Å². The molecule has 0 radical (unpaired) electrons. The molecule has 32 heavy (non-hydrogen) atoms. The Morgan fingerprint density at radius 2 is 1.78 bits per heavy atom. The van der Waals surface area contributed by atoms with Crippen LogP contribution in [0.5, 0.6) is 5.75 Å². The van der Waals surface area contributed by atoms with Crippen LogP contribution in [0.1, 0.15) is 6.92 Å². The molecule has 4 rings (SSSR count). The molecule has 0 bridgehead atoms. The van der Waals surface area contributed by atoms with Crippen molar-refractivity contribution in [3.05, 3.63) is 48.5 Å². The zero-order valence-corrected chi connectivity index (χ0v) is 19.1. The highest BCUT2D eigenvalue weighted by Gasteiger charge is 2.15. The molecule has 0 aliphatic carbocycles. The molecule has 1 N–H and O–H groups in total. The molecule has 3 aromatic rings. The molecule has 168 valence electrons. The van der Waals surface area contributed by atoms with Crippen LogP contribution in [0, 0.1) is 0 Å². The Balaban J connectivity index is 1.26. The standard InChI is InChI=1S/C23H27N5O3S/c1-3-30-20-10-4-17(5-11-20)22-25-26-23(31-22)32-16-21(29)24-18-6-8-19(9-7-18)28-14-12-27(2)13-15-28/h4-11H,3,12-16H2,1-2H3,(H,24,29). The first-order valence-electron chi connectivity index (χ1n) is 10.6. The number of rotatable bonds is 8. The Morgan fingerprint density at radius 3 is 2.47 bits per heavy atom. The number of likely N-dealkylation sites (N-methyl/N-ethyl adjacent to an activating group) is 1. The van der Waals surface area contributed by atoms with Gasteiger partial charge in [-0.2, -0.15) is 0 Å². The summed E-state index contributed by atoms with van der Waals surface area (Å²) in [7, 11) is 2.14. The first kappa shape index (κ1) is 22.2. The van der Waals surface area contributed by atoms with Gasteiger partial charge in [0, 0.05) is 43.1 Å². The van der Waals surface area contributed by atoms with Crippen LogP contribution >= 0.6 is 11.8 Å². The summed E-state index contributed by atoms with van der Waals surface area (Å²) in [5, 5.41) is 11.4. The van der Waals surface area contributed by atoms with Crippen molar-refractivity contribution in [2.75, 3.05) is 55.8 Å². The number of nitrogens with zero attached hydrogens (tertiary/aromatic N) is 4. The summed E-state index contributed by atoms with van der Waals surface area (Å²) in [6.07, 6.45) is 0. The van der Waals surface area contributed by atoms with Crippen molar-refractivity contribution in [1.29, 1.82) is 0 Å². The summed E-state index contributed by atoms with van der Waals surface area (Å²) in [5.74, 6) is 1.27. The minimum atomic E-state index is -0.122. The number of aromatic nitrogens is 2. The highest BCUT2D eigenvalue weighted by atomic mass is 32.2. The average Bonchev–Trinajstić information content (AvgIpc) is 3.29. The second-order valence-electron chi connectivity index (χ2n) is 7.50. The molecule has 1 aliphatic rings. The van der Waals surface area contributed by atoms with Crippen molar-refractivity contribution in [3.63, 3.8) is 0 Å². The predicted octanol–water partition coefficient (Wildman–Crippen LogP) is 3.62. The largest absolute Gasteiger partial charge is 0.494 e. The van der Waals surface area contributed by atoms with E-state index in [2.05, 4.69) is 44.5 Å². The highest BCUT2D eigenvalue weighted by Crippen LogP contribution is 2.25. The lowest BCUT2D eigenvalue weighted by atomic mass is 10.2. The van der Waals surface area contributed by atoms with E-state index in [0.717, 1.165) is 43.2 Å². The van der Waals surface area contributed by atoms with Gasteiger partial charge >= 0.3 is 0 Å². The molecule has 1 amide bonds. The van der Waals surface area contributed by atoms with Crippen LogP contribution in [0.25, 0.3) is 11.5 Å². The van der Waals surface area contributed by atoms with E-state index in [-0.39, 0.29) is 11.7 Å². The molecule has 0 unspecified atom stereocenters. The number of hydrogen-bond donors (Lipinski definition) is 1. The molecule has 2 aromatic carbocycles. The second-order valence-corrected chi connectivity index (χ2v) is 8.43. The van der Waals surface area contributed by atoms with Gasteiger partial charge in [-0.15, -0.1) is 10.2 Å². The van der Waals surface area contributed by atoms with E-state index in [4.69, 9.17) is 9.15 Å². The predicted molar refractivity (Wildman–Crippen MR) is 126 cm³/mol. The van der Waals surface area contributed by atoms with E-state index in [9.17, 15) is 4.79 Å². The van der Waals surface area contributed by atoms with Gasteiger partial charge in [-0.25, -0.2) is 0 Å². The van der Waals surface area contributed by atoms with Gasteiger partial charge in [0.15, 0.2) is 0 Å². The Labute approximate surface area is 191 Å². The first-order valence-corrected chi connectivity index (χ1v) is 11.6. The van der Waals surface area contributed by atoms with Crippen molar-refractivity contribution < 1.29 is 13.9 Å². The van der Waals surface area contributed by atoms with Crippen molar-refractivity contribution in [2.45, 2.75) is 12.1 Å².